The number of hydrogen-bond acceptors (Lipinski definition) is 3. The van der Waals surface area contributed by atoms with E-state index in [4.69, 9.17) is 33.1 Å². The first kappa shape index (κ1) is 16.6. The summed E-state index contributed by atoms with van der Waals surface area (Å²) in [5.41, 5.74) is 0. The summed E-state index contributed by atoms with van der Waals surface area (Å²) in [6, 6.07) is 5.18. The highest BCUT2D eigenvalue weighted by atomic mass is 35.5. The molecule has 2 N–H and O–H groups in total. The second-order valence-corrected chi connectivity index (χ2v) is 6.97. The fraction of sp³-hybridized carbons (Fsp3) is 0.500. The van der Waals surface area contributed by atoms with E-state index in [1.54, 1.807) is 18.2 Å². The summed E-state index contributed by atoms with van der Waals surface area (Å²) in [6.07, 6.45) is 1.24. The molecule has 1 aromatic carbocycles. The molecule has 0 amide bonds. The Morgan fingerprint density at radius 1 is 1.32 bits per heavy atom. The van der Waals surface area contributed by atoms with E-state index in [9.17, 15) is 8.42 Å². The summed E-state index contributed by atoms with van der Waals surface area (Å²) in [7, 11) is -3.39. The quantitative estimate of drug-likeness (QED) is 0.837. The Morgan fingerprint density at radius 3 is 2.63 bits per heavy atom. The van der Waals surface area contributed by atoms with Crippen LogP contribution in [-0.4, -0.2) is 20.8 Å². The van der Waals surface area contributed by atoms with E-state index in [1.807, 2.05) is 6.92 Å². The highest BCUT2D eigenvalue weighted by Gasteiger charge is 2.10. The molecule has 7 heteroatoms. The summed E-state index contributed by atoms with van der Waals surface area (Å²) < 4.78 is 27.2. The maximum absolute atomic E-state index is 10.8. The number of hydrogen-bond donors (Lipinski definition) is 1. The molecule has 1 aromatic rings. The molecule has 1 atom stereocenters. The van der Waals surface area contributed by atoms with Crippen LogP contribution in [0.2, 0.25) is 10.0 Å². The first-order valence-electron chi connectivity index (χ1n) is 5.87. The van der Waals surface area contributed by atoms with Gasteiger partial charge in [0.05, 0.1) is 17.4 Å². The summed E-state index contributed by atoms with van der Waals surface area (Å²) >= 11 is 11.8. The maximum atomic E-state index is 10.8. The molecule has 0 heterocycles. The molecule has 0 aliphatic carbocycles. The van der Waals surface area contributed by atoms with Crippen molar-refractivity contribution in [3.63, 3.8) is 0 Å². The lowest BCUT2D eigenvalue weighted by Gasteiger charge is -2.12. The third-order valence-corrected chi connectivity index (χ3v) is 4.29. The second-order valence-electron chi connectivity index (χ2n) is 4.45. The Balaban J connectivity index is 2.36. The largest absolute Gasteiger partial charge is 0.492 e. The van der Waals surface area contributed by atoms with Gasteiger partial charge in [0.2, 0.25) is 10.0 Å². The Hall–Kier alpha value is -0.490. The normalized spacial score (nSPS) is 13.3. The van der Waals surface area contributed by atoms with Gasteiger partial charge >= 0.3 is 0 Å². The predicted octanol–water partition coefficient (Wildman–Crippen LogP) is 3.08. The van der Waals surface area contributed by atoms with Crippen LogP contribution in [-0.2, 0) is 10.0 Å². The summed E-state index contributed by atoms with van der Waals surface area (Å²) in [6.45, 7) is 2.40. The number of sulfonamides is 1. The van der Waals surface area contributed by atoms with E-state index >= 15 is 0 Å². The Labute approximate surface area is 123 Å². The number of nitrogens with two attached hydrogens (primary N) is 1. The summed E-state index contributed by atoms with van der Waals surface area (Å²) in [5, 5.41) is 5.78. The molecule has 0 fully saturated rings. The topological polar surface area (TPSA) is 69.4 Å². The van der Waals surface area contributed by atoms with E-state index in [0.717, 1.165) is 6.42 Å². The van der Waals surface area contributed by atoms with Crippen LogP contribution in [0, 0.1) is 5.92 Å². The van der Waals surface area contributed by atoms with Gasteiger partial charge in [0.1, 0.15) is 10.8 Å². The first-order chi connectivity index (χ1) is 8.79. The van der Waals surface area contributed by atoms with Gasteiger partial charge in [0, 0.05) is 0 Å². The van der Waals surface area contributed by atoms with E-state index in [1.165, 1.54) is 0 Å². The molecule has 0 bridgehead atoms. The number of ether oxygens (including phenoxy) is 1. The minimum Gasteiger partial charge on any atom is -0.492 e. The minimum atomic E-state index is -3.39. The summed E-state index contributed by atoms with van der Waals surface area (Å²) in [4.78, 5) is 0. The van der Waals surface area contributed by atoms with Crippen molar-refractivity contribution in [1.29, 1.82) is 0 Å². The van der Waals surface area contributed by atoms with E-state index in [0.29, 0.717) is 28.8 Å². The molecule has 108 valence electrons. The van der Waals surface area contributed by atoms with Crippen LogP contribution in [0.3, 0.4) is 0 Å². The van der Waals surface area contributed by atoms with Crippen LogP contribution in [0.4, 0.5) is 0 Å². The standard InChI is InChI=1S/C12H17Cl2NO3S/c1-9(6-8-19(15,16)17)5-7-18-11-4-2-3-10(13)12(11)14/h2-4,9H,5-8H2,1H3,(H2,15,16,17). The van der Waals surface area contributed by atoms with E-state index in [2.05, 4.69) is 0 Å². The van der Waals surface area contributed by atoms with Crippen molar-refractivity contribution in [2.75, 3.05) is 12.4 Å². The Kier molecular flexibility index (Phi) is 6.39. The van der Waals surface area contributed by atoms with Crippen molar-refractivity contribution in [3.8, 4) is 5.75 Å². The fourth-order valence-electron chi connectivity index (χ4n) is 1.48. The smallest absolute Gasteiger partial charge is 0.209 e. The van der Waals surface area contributed by atoms with E-state index < -0.39 is 10.0 Å². The lowest BCUT2D eigenvalue weighted by molar-refractivity contribution is 0.282. The average molecular weight is 326 g/mol. The van der Waals surface area contributed by atoms with Gasteiger partial charge in [-0.3, -0.25) is 0 Å². The minimum absolute atomic E-state index is 0.00785. The van der Waals surface area contributed by atoms with Crippen molar-refractivity contribution < 1.29 is 13.2 Å². The molecule has 0 aliphatic rings. The van der Waals surface area contributed by atoms with Gasteiger partial charge in [0.15, 0.2) is 0 Å². The number of rotatable bonds is 7. The van der Waals surface area contributed by atoms with Gasteiger partial charge in [-0.25, -0.2) is 13.6 Å². The van der Waals surface area contributed by atoms with Crippen molar-refractivity contribution in [2.45, 2.75) is 19.8 Å². The van der Waals surface area contributed by atoms with Crippen LogP contribution in [0.25, 0.3) is 0 Å². The van der Waals surface area contributed by atoms with Gasteiger partial charge in [-0.15, -0.1) is 0 Å². The van der Waals surface area contributed by atoms with Crippen molar-refractivity contribution in [3.05, 3.63) is 28.2 Å². The van der Waals surface area contributed by atoms with Crippen LogP contribution in [0.5, 0.6) is 5.75 Å². The van der Waals surface area contributed by atoms with Crippen LogP contribution in [0.15, 0.2) is 18.2 Å². The number of halogens is 2. The van der Waals surface area contributed by atoms with Crippen molar-refractivity contribution in [1.82, 2.24) is 0 Å². The van der Waals surface area contributed by atoms with Gasteiger partial charge in [-0.05, 0) is 30.9 Å². The Bertz CT molecular complexity index is 520. The molecule has 19 heavy (non-hydrogen) atoms. The van der Waals surface area contributed by atoms with Gasteiger partial charge in [-0.2, -0.15) is 0 Å². The highest BCUT2D eigenvalue weighted by molar-refractivity contribution is 7.89. The zero-order valence-electron chi connectivity index (χ0n) is 10.6. The molecular weight excluding hydrogens is 309 g/mol. The average Bonchev–Trinajstić information content (AvgIpc) is 2.31. The van der Waals surface area contributed by atoms with Gasteiger partial charge < -0.3 is 4.74 Å². The molecule has 4 nitrogen and oxygen atoms in total. The third kappa shape index (κ3) is 6.47. The lowest BCUT2D eigenvalue weighted by Crippen LogP contribution is -2.18. The Morgan fingerprint density at radius 2 is 2.00 bits per heavy atom. The predicted molar refractivity (Wildman–Crippen MR) is 78.3 cm³/mol. The molecule has 0 saturated carbocycles. The lowest BCUT2D eigenvalue weighted by atomic mass is 10.1. The van der Waals surface area contributed by atoms with E-state index in [-0.39, 0.29) is 11.7 Å². The fourth-order valence-corrected chi connectivity index (χ4v) is 2.55. The zero-order chi connectivity index (χ0) is 14.5. The number of primary sulfonamides is 1. The van der Waals surface area contributed by atoms with Crippen LogP contribution in [0.1, 0.15) is 19.8 Å². The summed E-state index contributed by atoms with van der Waals surface area (Å²) in [5.74, 6) is 0.732. The van der Waals surface area contributed by atoms with Gasteiger partial charge in [-0.1, -0.05) is 36.2 Å². The molecule has 0 aromatic heterocycles. The SMILES string of the molecule is CC(CCOc1cccc(Cl)c1Cl)CCS(N)(=O)=O. The highest BCUT2D eigenvalue weighted by Crippen LogP contribution is 2.31. The van der Waals surface area contributed by atoms with Crippen molar-refractivity contribution in [2.24, 2.45) is 11.1 Å². The second kappa shape index (κ2) is 7.33. The zero-order valence-corrected chi connectivity index (χ0v) is 12.9. The maximum Gasteiger partial charge on any atom is 0.209 e. The number of benzene rings is 1. The van der Waals surface area contributed by atoms with Gasteiger partial charge in [0.25, 0.3) is 0 Å². The molecule has 0 radical (unpaired) electrons. The molecule has 0 spiro atoms. The first-order valence-corrected chi connectivity index (χ1v) is 8.34. The van der Waals surface area contributed by atoms with Crippen molar-refractivity contribution >= 4 is 33.2 Å². The molecule has 0 aliphatic heterocycles. The third-order valence-electron chi connectivity index (χ3n) is 2.68. The molecular formula is C12H17Cl2NO3S. The molecule has 1 rings (SSSR count). The monoisotopic (exact) mass is 325 g/mol. The molecule has 1 unspecified atom stereocenters. The molecule has 0 saturated heterocycles. The van der Waals surface area contributed by atoms with Crippen LogP contribution >= 0.6 is 23.2 Å². The van der Waals surface area contributed by atoms with Crippen LogP contribution < -0.4 is 9.88 Å².